The van der Waals surface area contributed by atoms with E-state index in [-0.39, 0.29) is 0 Å². The second kappa shape index (κ2) is 6.22. The minimum Gasteiger partial charge on any atom is -0.338 e. The molecule has 5 nitrogen and oxygen atoms in total. The van der Waals surface area contributed by atoms with Gasteiger partial charge in [-0.25, -0.2) is 15.0 Å². The summed E-state index contributed by atoms with van der Waals surface area (Å²) in [5.74, 6) is 0.806. The summed E-state index contributed by atoms with van der Waals surface area (Å²) in [6.07, 6.45) is 3.36. The fraction of sp³-hybridized carbons (Fsp3) is 0.353. The lowest BCUT2D eigenvalue weighted by Crippen LogP contribution is -2.47. The number of hydrogen-bond donors (Lipinski definition) is 0. The highest BCUT2D eigenvalue weighted by atomic mass is 32.1. The highest BCUT2D eigenvalue weighted by Gasteiger charge is 2.23. The Kier molecular flexibility index (Phi) is 3.93. The van der Waals surface area contributed by atoms with E-state index in [1.807, 2.05) is 5.51 Å². The molecular formula is C17H18N5S. The Labute approximate surface area is 139 Å². The molecule has 0 bridgehead atoms. The molecule has 1 aliphatic rings. The van der Waals surface area contributed by atoms with Gasteiger partial charge in [-0.2, -0.15) is 0 Å². The van der Waals surface area contributed by atoms with E-state index in [2.05, 4.69) is 55.9 Å². The number of benzene rings is 1. The summed E-state index contributed by atoms with van der Waals surface area (Å²) in [4.78, 5) is 17.8. The van der Waals surface area contributed by atoms with Crippen LogP contribution in [0, 0.1) is 6.07 Å². The molecule has 1 aromatic carbocycles. The van der Waals surface area contributed by atoms with E-state index in [9.17, 15) is 0 Å². The second-order valence-corrected chi connectivity index (χ2v) is 6.65. The van der Waals surface area contributed by atoms with E-state index in [0.29, 0.717) is 6.04 Å². The predicted octanol–water partition coefficient (Wildman–Crippen LogP) is 2.77. The standard InChI is InChI=1S/C17H18N5S/c1-13(14-3-4-16-15(11-14)20-12-23-16)21-7-9-22(10-8-21)17-18-5-2-6-19-17/h3-6,11-13H,7-10H2,1H3/t13-/m0/s1. The van der Waals surface area contributed by atoms with Gasteiger partial charge >= 0.3 is 0 Å². The topological polar surface area (TPSA) is 45.2 Å². The first-order chi connectivity index (χ1) is 11.3. The summed E-state index contributed by atoms with van der Waals surface area (Å²) in [6.45, 7) is 6.20. The molecule has 3 aromatic rings. The van der Waals surface area contributed by atoms with Gasteiger partial charge in [-0.1, -0.05) is 6.07 Å². The molecule has 1 saturated heterocycles. The smallest absolute Gasteiger partial charge is 0.225 e. The quantitative estimate of drug-likeness (QED) is 0.741. The van der Waals surface area contributed by atoms with Crippen LogP contribution in [-0.4, -0.2) is 46.0 Å². The lowest BCUT2D eigenvalue weighted by molar-refractivity contribution is 0.198. The van der Waals surface area contributed by atoms with Gasteiger partial charge in [0.15, 0.2) is 0 Å². The Morgan fingerprint density at radius 1 is 1.09 bits per heavy atom. The van der Waals surface area contributed by atoms with Gasteiger partial charge in [0.2, 0.25) is 5.95 Å². The number of fused-ring (bicyclic) bond motifs is 1. The lowest BCUT2D eigenvalue weighted by atomic mass is 10.1. The van der Waals surface area contributed by atoms with Crippen molar-refractivity contribution in [3.05, 3.63) is 47.7 Å². The summed E-state index contributed by atoms with van der Waals surface area (Å²) in [5.41, 5.74) is 4.35. The Morgan fingerprint density at radius 2 is 1.87 bits per heavy atom. The van der Waals surface area contributed by atoms with E-state index in [1.54, 1.807) is 23.7 Å². The maximum absolute atomic E-state index is 4.43. The monoisotopic (exact) mass is 324 g/mol. The van der Waals surface area contributed by atoms with E-state index >= 15 is 0 Å². The Balaban J connectivity index is 1.45. The fourth-order valence-electron chi connectivity index (χ4n) is 3.07. The zero-order chi connectivity index (χ0) is 15.6. The molecule has 3 heterocycles. The van der Waals surface area contributed by atoms with Crippen molar-refractivity contribution in [3.8, 4) is 0 Å². The van der Waals surface area contributed by atoms with Crippen molar-refractivity contribution >= 4 is 27.5 Å². The first kappa shape index (κ1) is 14.5. The van der Waals surface area contributed by atoms with Crippen LogP contribution >= 0.6 is 11.3 Å². The molecule has 117 valence electrons. The van der Waals surface area contributed by atoms with Crippen LogP contribution in [0.2, 0.25) is 0 Å². The van der Waals surface area contributed by atoms with Crippen LogP contribution in [0.3, 0.4) is 0 Å². The predicted molar refractivity (Wildman–Crippen MR) is 92.7 cm³/mol. The molecule has 0 unspecified atom stereocenters. The van der Waals surface area contributed by atoms with Gasteiger partial charge in [0.05, 0.1) is 15.7 Å². The van der Waals surface area contributed by atoms with Crippen molar-refractivity contribution in [1.82, 2.24) is 19.9 Å². The lowest BCUT2D eigenvalue weighted by Gasteiger charge is -2.38. The van der Waals surface area contributed by atoms with Crippen molar-refractivity contribution in [1.29, 1.82) is 0 Å². The first-order valence-electron chi connectivity index (χ1n) is 7.81. The number of nitrogens with zero attached hydrogens (tertiary/aromatic N) is 5. The summed E-state index contributed by atoms with van der Waals surface area (Å²) in [6, 6.07) is 9.90. The molecule has 1 atom stereocenters. The van der Waals surface area contributed by atoms with Crippen LogP contribution in [0.1, 0.15) is 18.5 Å². The Morgan fingerprint density at radius 3 is 2.65 bits per heavy atom. The van der Waals surface area contributed by atoms with Gasteiger partial charge in [0.1, 0.15) is 0 Å². The number of thiazole rings is 1. The SMILES string of the molecule is C[C@@H](c1ccc2scnc2c1)N1CCN(c2nc[c]cn2)CC1. The second-order valence-electron chi connectivity index (χ2n) is 5.76. The molecule has 0 amide bonds. The van der Waals surface area contributed by atoms with Crippen LogP contribution < -0.4 is 4.90 Å². The van der Waals surface area contributed by atoms with Crippen molar-refractivity contribution in [2.24, 2.45) is 0 Å². The number of anilines is 1. The Bertz CT molecular complexity index is 780. The molecule has 4 rings (SSSR count). The molecule has 1 aliphatic heterocycles. The fourth-order valence-corrected chi connectivity index (χ4v) is 3.73. The maximum Gasteiger partial charge on any atom is 0.225 e. The van der Waals surface area contributed by atoms with E-state index in [0.717, 1.165) is 37.6 Å². The van der Waals surface area contributed by atoms with Crippen LogP contribution in [0.5, 0.6) is 0 Å². The van der Waals surface area contributed by atoms with Crippen LogP contribution in [0.25, 0.3) is 10.2 Å². The van der Waals surface area contributed by atoms with E-state index in [4.69, 9.17) is 0 Å². The number of hydrogen-bond acceptors (Lipinski definition) is 6. The molecule has 6 heteroatoms. The molecule has 0 N–H and O–H groups in total. The third-order valence-corrected chi connectivity index (χ3v) is 5.30. The molecule has 0 saturated carbocycles. The highest BCUT2D eigenvalue weighted by molar-refractivity contribution is 7.16. The van der Waals surface area contributed by atoms with E-state index < -0.39 is 0 Å². The zero-order valence-corrected chi connectivity index (χ0v) is 13.8. The number of rotatable bonds is 3. The largest absolute Gasteiger partial charge is 0.338 e. The molecule has 23 heavy (non-hydrogen) atoms. The average Bonchev–Trinajstić information content (AvgIpc) is 3.10. The van der Waals surface area contributed by atoms with Gasteiger partial charge in [-0.3, -0.25) is 4.90 Å². The molecule has 1 fully saturated rings. The van der Waals surface area contributed by atoms with Gasteiger partial charge < -0.3 is 4.90 Å². The first-order valence-corrected chi connectivity index (χ1v) is 8.69. The number of aromatic nitrogens is 3. The normalized spacial score (nSPS) is 17.5. The molecule has 1 radical (unpaired) electrons. The highest BCUT2D eigenvalue weighted by Crippen LogP contribution is 2.26. The van der Waals surface area contributed by atoms with Crippen molar-refractivity contribution in [3.63, 3.8) is 0 Å². The number of piperazine rings is 1. The maximum atomic E-state index is 4.43. The van der Waals surface area contributed by atoms with Crippen molar-refractivity contribution in [2.45, 2.75) is 13.0 Å². The summed E-state index contributed by atoms with van der Waals surface area (Å²) in [7, 11) is 0. The third-order valence-electron chi connectivity index (χ3n) is 4.49. The molecule has 0 spiro atoms. The minimum atomic E-state index is 0.397. The summed E-state index contributed by atoms with van der Waals surface area (Å²) < 4.78 is 1.25. The zero-order valence-electron chi connectivity index (χ0n) is 13.0. The van der Waals surface area contributed by atoms with Crippen molar-refractivity contribution in [2.75, 3.05) is 31.1 Å². The minimum absolute atomic E-state index is 0.397. The average molecular weight is 324 g/mol. The van der Waals surface area contributed by atoms with E-state index in [1.165, 1.54) is 10.3 Å². The van der Waals surface area contributed by atoms with Gasteiger partial charge in [-0.15, -0.1) is 11.3 Å². The summed E-state index contributed by atoms with van der Waals surface area (Å²) >= 11 is 1.69. The van der Waals surface area contributed by atoms with Gasteiger partial charge in [0, 0.05) is 50.7 Å². The molecular weight excluding hydrogens is 306 g/mol. The van der Waals surface area contributed by atoms with Gasteiger partial charge in [0.25, 0.3) is 0 Å². The van der Waals surface area contributed by atoms with Crippen LogP contribution in [0.15, 0.2) is 36.1 Å². The van der Waals surface area contributed by atoms with Crippen molar-refractivity contribution < 1.29 is 0 Å². The van der Waals surface area contributed by atoms with Gasteiger partial charge in [-0.05, 0) is 24.6 Å². The molecule has 0 aliphatic carbocycles. The third kappa shape index (κ3) is 2.92. The summed E-state index contributed by atoms with van der Waals surface area (Å²) in [5, 5.41) is 0. The molecule has 2 aromatic heterocycles. The Hall–Kier alpha value is -2.05. The van der Waals surface area contributed by atoms with Crippen LogP contribution in [-0.2, 0) is 0 Å². The van der Waals surface area contributed by atoms with Crippen LogP contribution in [0.4, 0.5) is 5.95 Å².